The van der Waals surface area contributed by atoms with Gasteiger partial charge in [0.1, 0.15) is 0 Å². The van der Waals surface area contributed by atoms with E-state index in [1.54, 1.807) is 0 Å². The third kappa shape index (κ3) is 1.09. The van der Waals surface area contributed by atoms with Crippen molar-refractivity contribution < 1.29 is 5.11 Å². The summed E-state index contributed by atoms with van der Waals surface area (Å²) in [5, 5.41) is 9.71. The van der Waals surface area contributed by atoms with Crippen LogP contribution in [0, 0.1) is 11.8 Å². The molecule has 2 bridgehead atoms. The summed E-state index contributed by atoms with van der Waals surface area (Å²) in [5.41, 5.74) is 0. The summed E-state index contributed by atoms with van der Waals surface area (Å²) in [5.74, 6) is 1.37. The summed E-state index contributed by atoms with van der Waals surface area (Å²) in [6, 6.07) is 0.685. The zero-order chi connectivity index (χ0) is 8.72. The average molecular weight is 169 g/mol. The topological polar surface area (TPSA) is 23.5 Å². The summed E-state index contributed by atoms with van der Waals surface area (Å²) in [6.45, 7) is 3.31. The lowest BCUT2D eigenvalue weighted by molar-refractivity contribution is 0.0972. The van der Waals surface area contributed by atoms with Gasteiger partial charge in [-0.2, -0.15) is 0 Å². The molecule has 0 aromatic rings. The van der Waals surface area contributed by atoms with Gasteiger partial charge in [-0.1, -0.05) is 6.92 Å². The van der Waals surface area contributed by atoms with Crippen molar-refractivity contribution in [3.8, 4) is 0 Å². The van der Waals surface area contributed by atoms with Gasteiger partial charge in [-0.15, -0.1) is 0 Å². The van der Waals surface area contributed by atoms with Crippen LogP contribution in [0.3, 0.4) is 0 Å². The Morgan fingerprint density at radius 2 is 2.17 bits per heavy atom. The normalized spacial score (nSPS) is 46.0. The fourth-order valence-corrected chi connectivity index (χ4v) is 3.16. The first-order chi connectivity index (χ1) is 5.74. The number of hydrogen-bond acceptors (Lipinski definition) is 2. The maximum Gasteiger partial charge on any atom is 0.0586 e. The SMILES string of the molecule is CCN(C)C1C2CCC1C(O)C2. The van der Waals surface area contributed by atoms with Gasteiger partial charge in [-0.3, -0.25) is 0 Å². The predicted molar refractivity (Wildman–Crippen MR) is 48.9 cm³/mol. The summed E-state index contributed by atoms with van der Waals surface area (Å²) < 4.78 is 0. The lowest BCUT2D eigenvalue weighted by Gasteiger charge is -2.27. The van der Waals surface area contributed by atoms with Crippen molar-refractivity contribution >= 4 is 0 Å². The number of aliphatic hydroxyl groups excluding tert-OH is 1. The first-order valence-corrected chi connectivity index (χ1v) is 5.12. The highest BCUT2D eigenvalue weighted by Gasteiger charge is 2.48. The maximum atomic E-state index is 9.71. The van der Waals surface area contributed by atoms with Crippen LogP contribution in [0.4, 0.5) is 0 Å². The minimum atomic E-state index is 0.00255. The second-order valence-corrected chi connectivity index (χ2v) is 4.37. The van der Waals surface area contributed by atoms with Crippen molar-refractivity contribution in [1.82, 2.24) is 4.90 Å². The van der Waals surface area contributed by atoms with Crippen molar-refractivity contribution in [3.05, 3.63) is 0 Å². The molecule has 4 atom stereocenters. The van der Waals surface area contributed by atoms with E-state index in [-0.39, 0.29) is 6.10 Å². The van der Waals surface area contributed by atoms with E-state index in [9.17, 15) is 5.11 Å². The largest absolute Gasteiger partial charge is 0.393 e. The van der Waals surface area contributed by atoms with Crippen LogP contribution in [0.1, 0.15) is 26.2 Å². The Bertz CT molecular complexity index is 171. The van der Waals surface area contributed by atoms with Gasteiger partial charge in [0.2, 0.25) is 0 Å². The first kappa shape index (κ1) is 8.52. The molecule has 0 aromatic carbocycles. The van der Waals surface area contributed by atoms with Crippen LogP contribution >= 0.6 is 0 Å². The lowest BCUT2D eigenvalue weighted by atomic mass is 9.98. The van der Waals surface area contributed by atoms with Crippen molar-refractivity contribution in [1.29, 1.82) is 0 Å². The third-order valence-corrected chi connectivity index (χ3v) is 3.84. The molecule has 0 radical (unpaired) electrons. The molecule has 2 aliphatic carbocycles. The first-order valence-electron chi connectivity index (χ1n) is 5.12. The quantitative estimate of drug-likeness (QED) is 0.669. The molecule has 2 aliphatic rings. The smallest absolute Gasteiger partial charge is 0.0586 e. The fraction of sp³-hybridized carbons (Fsp3) is 1.00. The van der Waals surface area contributed by atoms with Gasteiger partial charge in [-0.25, -0.2) is 0 Å². The summed E-state index contributed by atoms with van der Waals surface area (Å²) in [6.07, 6.45) is 3.65. The monoisotopic (exact) mass is 169 g/mol. The molecule has 70 valence electrons. The molecule has 2 rings (SSSR count). The number of rotatable bonds is 2. The molecule has 0 saturated heterocycles. The second-order valence-electron chi connectivity index (χ2n) is 4.37. The van der Waals surface area contributed by atoms with Gasteiger partial charge in [-0.05, 0) is 38.8 Å². The van der Waals surface area contributed by atoms with Crippen molar-refractivity contribution in [3.63, 3.8) is 0 Å². The number of fused-ring (bicyclic) bond motifs is 2. The summed E-state index contributed by atoms with van der Waals surface area (Å²) in [4.78, 5) is 2.42. The molecule has 0 amide bonds. The van der Waals surface area contributed by atoms with Gasteiger partial charge in [0, 0.05) is 12.0 Å². The predicted octanol–water partition coefficient (Wildman–Crippen LogP) is 1.10. The Labute approximate surface area is 74.6 Å². The van der Waals surface area contributed by atoms with Crippen molar-refractivity contribution in [2.75, 3.05) is 13.6 Å². The van der Waals surface area contributed by atoms with Gasteiger partial charge >= 0.3 is 0 Å². The Morgan fingerprint density at radius 3 is 2.58 bits per heavy atom. The Hall–Kier alpha value is -0.0800. The molecule has 0 heterocycles. The minimum absolute atomic E-state index is 0.00255. The Morgan fingerprint density at radius 1 is 1.42 bits per heavy atom. The van der Waals surface area contributed by atoms with E-state index in [2.05, 4.69) is 18.9 Å². The van der Waals surface area contributed by atoms with Crippen LogP contribution in [-0.4, -0.2) is 35.7 Å². The summed E-state index contributed by atoms with van der Waals surface area (Å²) in [7, 11) is 2.19. The zero-order valence-electron chi connectivity index (χ0n) is 8.03. The standard InChI is InChI=1S/C10H19NO/c1-3-11(2)10-7-4-5-8(10)9(12)6-7/h7-10,12H,3-6H2,1-2H3. The van der Waals surface area contributed by atoms with Gasteiger partial charge in [0.15, 0.2) is 0 Å². The second kappa shape index (κ2) is 3.00. The fourth-order valence-electron chi connectivity index (χ4n) is 3.16. The number of aliphatic hydroxyl groups is 1. The van der Waals surface area contributed by atoms with Crippen LogP contribution in [0.15, 0.2) is 0 Å². The van der Waals surface area contributed by atoms with Crippen LogP contribution in [0.2, 0.25) is 0 Å². The minimum Gasteiger partial charge on any atom is -0.393 e. The highest BCUT2D eigenvalue weighted by molar-refractivity contribution is 5.01. The highest BCUT2D eigenvalue weighted by atomic mass is 16.3. The van der Waals surface area contributed by atoms with E-state index in [1.165, 1.54) is 12.8 Å². The van der Waals surface area contributed by atoms with Crippen LogP contribution in [0.5, 0.6) is 0 Å². The van der Waals surface area contributed by atoms with Gasteiger partial charge in [0.05, 0.1) is 6.10 Å². The molecule has 4 unspecified atom stereocenters. The molecule has 2 fully saturated rings. The molecular formula is C10H19NO. The zero-order valence-corrected chi connectivity index (χ0v) is 8.03. The van der Waals surface area contributed by atoms with Gasteiger partial charge in [0.25, 0.3) is 0 Å². The van der Waals surface area contributed by atoms with Crippen LogP contribution in [-0.2, 0) is 0 Å². The van der Waals surface area contributed by atoms with E-state index in [0.717, 1.165) is 18.9 Å². The van der Waals surface area contributed by atoms with Crippen molar-refractivity contribution in [2.45, 2.75) is 38.3 Å². The maximum absolute atomic E-state index is 9.71. The van der Waals surface area contributed by atoms with Gasteiger partial charge < -0.3 is 10.0 Å². The van der Waals surface area contributed by atoms with E-state index < -0.39 is 0 Å². The molecule has 0 aliphatic heterocycles. The molecule has 0 spiro atoms. The molecule has 2 saturated carbocycles. The van der Waals surface area contributed by atoms with E-state index in [4.69, 9.17) is 0 Å². The van der Waals surface area contributed by atoms with E-state index in [0.29, 0.717) is 12.0 Å². The van der Waals surface area contributed by atoms with Crippen LogP contribution < -0.4 is 0 Å². The highest BCUT2D eigenvalue weighted by Crippen LogP contribution is 2.46. The van der Waals surface area contributed by atoms with Crippen LogP contribution in [0.25, 0.3) is 0 Å². The Kier molecular flexibility index (Phi) is 2.13. The average Bonchev–Trinajstić information content (AvgIpc) is 2.59. The lowest BCUT2D eigenvalue weighted by Crippen LogP contribution is -2.36. The number of nitrogens with zero attached hydrogens (tertiary/aromatic N) is 1. The molecule has 0 aromatic heterocycles. The Balaban J connectivity index is 2.08. The molecule has 1 N–H and O–H groups in total. The molecular weight excluding hydrogens is 150 g/mol. The van der Waals surface area contributed by atoms with E-state index >= 15 is 0 Å². The molecule has 2 nitrogen and oxygen atoms in total. The van der Waals surface area contributed by atoms with Crippen molar-refractivity contribution in [2.24, 2.45) is 11.8 Å². The third-order valence-electron chi connectivity index (χ3n) is 3.84. The molecule has 12 heavy (non-hydrogen) atoms. The number of hydrogen-bond donors (Lipinski definition) is 1. The van der Waals surface area contributed by atoms with E-state index in [1.807, 2.05) is 0 Å². The summed E-state index contributed by atoms with van der Waals surface area (Å²) >= 11 is 0. The molecule has 2 heteroatoms.